The summed E-state index contributed by atoms with van der Waals surface area (Å²) in [7, 11) is 2.01. The molecule has 0 saturated carbocycles. The van der Waals surface area contributed by atoms with Crippen molar-refractivity contribution in [1.29, 1.82) is 0 Å². The maximum absolute atomic E-state index is 9.03. The van der Waals surface area contributed by atoms with Gasteiger partial charge in [-0.2, -0.15) is 0 Å². The molecule has 0 aliphatic rings. The quantitative estimate of drug-likeness (QED) is 0.446. The number of rotatable bonds is 4. The molecule has 0 atom stereocenters. The molecule has 0 unspecified atom stereocenters. The van der Waals surface area contributed by atoms with Crippen LogP contribution in [0.4, 0.5) is 0 Å². The van der Waals surface area contributed by atoms with Gasteiger partial charge in [0.15, 0.2) is 7.28 Å². The van der Waals surface area contributed by atoms with E-state index < -0.39 is 0 Å². The van der Waals surface area contributed by atoms with Gasteiger partial charge in [0, 0.05) is 0 Å². The van der Waals surface area contributed by atoms with Gasteiger partial charge < -0.3 is 5.11 Å². The molecule has 1 radical (unpaired) electrons. The summed E-state index contributed by atoms with van der Waals surface area (Å²) in [5, 5.41) is 9.03. The van der Waals surface area contributed by atoms with Crippen LogP contribution in [0.5, 0.6) is 0 Å². The van der Waals surface area contributed by atoms with Crippen LogP contribution in [-0.4, -0.2) is 12.4 Å². The van der Waals surface area contributed by atoms with Gasteiger partial charge in [-0.15, -0.1) is 0 Å². The van der Waals surface area contributed by atoms with Gasteiger partial charge in [-0.3, -0.25) is 0 Å². The van der Waals surface area contributed by atoms with Crippen LogP contribution in [0.2, 0.25) is 0 Å². The predicted molar refractivity (Wildman–Crippen MR) is 66.5 cm³/mol. The molecule has 0 amide bonds. The largest absolute Gasteiger partial charge is 0.513 e. The molecule has 1 aromatic carbocycles. The van der Waals surface area contributed by atoms with Gasteiger partial charge in [-0.25, -0.2) is 0 Å². The number of benzene rings is 1. The lowest BCUT2D eigenvalue weighted by Gasteiger charge is -1.99. The Bertz CT molecular complexity index is 373. The van der Waals surface area contributed by atoms with Crippen molar-refractivity contribution in [2.24, 2.45) is 0 Å². The van der Waals surface area contributed by atoms with Crippen LogP contribution in [0, 0.1) is 0 Å². The number of aliphatic hydroxyl groups is 1. The van der Waals surface area contributed by atoms with Gasteiger partial charge in [0.25, 0.3) is 0 Å². The third-order valence-corrected chi connectivity index (χ3v) is 1.89. The van der Waals surface area contributed by atoms with E-state index in [9.17, 15) is 0 Å². The van der Waals surface area contributed by atoms with E-state index >= 15 is 0 Å². The van der Waals surface area contributed by atoms with Crippen LogP contribution in [0.25, 0.3) is 0 Å². The zero-order valence-electron chi connectivity index (χ0n) is 8.85. The number of hydrogen-bond donors (Lipinski definition) is 1. The lowest BCUT2D eigenvalue weighted by molar-refractivity contribution is 0.414. The van der Waals surface area contributed by atoms with Crippen molar-refractivity contribution in [1.82, 2.24) is 0 Å². The standard InChI is InChI=1S/C13H14BO/c1-3-12(10-9-11(2)15)14-13-7-5-4-6-8-13/h3-10,15H,1H2,2H3/b11-9+,12-10+. The Morgan fingerprint density at radius 1 is 1.27 bits per heavy atom. The summed E-state index contributed by atoms with van der Waals surface area (Å²) in [5.41, 5.74) is 2.09. The van der Waals surface area contributed by atoms with E-state index in [1.807, 2.05) is 43.7 Å². The summed E-state index contributed by atoms with van der Waals surface area (Å²) < 4.78 is 0. The molecule has 0 saturated heterocycles. The zero-order valence-corrected chi connectivity index (χ0v) is 8.85. The fraction of sp³-hybridized carbons (Fsp3) is 0.0769. The third kappa shape index (κ3) is 4.36. The smallest absolute Gasteiger partial charge is 0.191 e. The molecule has 0 heterocycles. The average Bonchev–Trinajstić information content (AvgIpc) is 2.25. The van der Waals surface area contributed by atoms with E-state index in [-0.39, 0.29) is 5.76 Å². The Morgan fingerprint density at radius 3 is 2.47 bits per heavy atom. The van der Waals surface area contributed by atoms with Gasteiger partial charge >= 0.3 is 0 Å². The zero-order chi connectivity index (χ0) is 11.1. The van der Waals surface area contributed by atoms with Gasteiger partial charge in [0.05, 0.1) is 5.76 Å². The Morgan fingerprint density at radius 2 is 1.93 bits per heavy atom. The lowest BCUT2D eigenvalue weighted by atomic mass is 9.63. The number of aliphatic hydroxyl groups excluding tert-OH is 1. The van der Waals surface area contributed by atoms with E-state index in [2.05, 4.69) is 6.58 Å². The molecule has 1 aromatic rings. The first-order chi connectivity index (χ1) is 7.22. The summed E-state index contributed by atoms with van der Waals surface area (Å²) >= 11 is 0. The molecule has 15 heavy (non-hydrogen) atoms. The Balaban J connectivity index is 2.75. The van der Waals surface area contributed by atoms with E-state index in [4.69, 9.17) is 5.11 Å². The highest BCUT2D eigenvalue weighted by Crippen LogP contribution is 1.97. The van der Waals surface area contributed by atoms with Crippen LogP contribution in [0.1, 0.15) is 6.92 Å². The van der Waals surface area contributed by atoms with Gasteiger partial charge in [-0.1, -0.05) is 60.0 Å². The highest BCUT2D eigenvalue weighted by atomic mass is 16.3. The maximum atomic E-state index is 9.03. The first-order valence-electron chi connectivity index (χ1n) is 4.82. The molecule has 2 heteroatoms. The maximum Gasteiger partial charge on any atom is 0.191 e. The minimum Gasteiger partial charge on any atom is -0.513 e. The second kappa shape index (κ2) is 5.92. The molecule has 0 aliphatic heterocycles. The minimum absolute atomic E-state index is 0.288. The predicted octanol–water partition coefficient (Wildman–Crippen LogP) is 2.55. The molecule has 0 aromatic heterocycles. The van der Waals surface area contributed by atoms with Crippen LogP contribution < -0.4 is 5.46 Å². The molecule has 0 fully saturated rings. The average molecular weight is 197 g/mol. The molecular formula is C13H14BO. The monoisotopic (exact) mass is 197 g/mol. The topological polar surface area (TPSA) is 20.2 Å². The van der Waals surface area contributed by atoms with Crippen LogP contribution in [-0.2, 0) is 0 Å². The minimum atomic E-state index is 0.288. The Labute approximate surface area is 91.7 Å². The van der Waals surface area contributed by atoms with Crippen LogP contribution in [0.15, 0.2) is 66.4 Å². The molecule has 1 N–H and O–H groups in total. The van der Waals surface area contributed by atoms with Gasteiger partial charge in [-0.05, 0) is 13.0 Å². The Hall–Kier alpha value is -1.70. The number of hydrogen-bond acceptors (Lipinski definition) is 1. The highest BCUT2D eigenvalue weighted by molar-refractivity contribution is 6.61. The van der Waals surface area contributed by atoms with Gasteiger partial charge in [0.1, 0.15) is 0 Å². The number of allylic oxidation sites excluding steroid dienone is 5. The normalized spacial score (nSPS) is 12.3. The first-order valence-corrected chi connectivity index (χ1v) is 4.82. The molecular weight excluding hydrogens is 183 g/mol. The summed E-state index contributed by atoms with van der Waals surface area (Å²) in [4.78, 5) is 0. The van der Waals surface area contributed by atoms with Crippen LogP contribution >= 0.6 is 0 Å². The fourth-order valence-electron chi connectivity index (χ4n) is 1.13. The SMILES string of the molecule is C=C/C([B]c1ccccc1)=C\C=C(/C)O. The van der Waals surface area contributed by atoms with Crippen molar-refractivity contribution in [3.63, 3.8) is 0 Å². The molecule has 1 rings (SSSR count). The summed E-state index contributed by atoms with van der Waals surface area (Å²) in [6, 6.07) is 9.99. The van der Waals surface area contributed by atoms with Crippen molar-refractivity contribution < 1.29 is 5.11 Å². The molecule has 0 bridgehead atoms. The fourth-order valence-corrected chi connectivity index (χ4v) is 1.13. The van der Waals surface area contributed by atoms with Crippen molar-refractivity contribution in [2.45, 2.75) is 6.92 Å². The summed E-state index contributed by atoms with van der Waals surface area (Å²) in [6.45, 7) is 5.36. The molecule has 0 aliphatic carbocycles. The van der Waals surface area contributed by atoms with Gasteiger partial charge in [0.2, 0.25) is 0 Å². The van der Waals surface area contributed by atoms with Crippen molar-refractivity contribution in [3.05, 3.63) is 66.4 Å². The van der Waals surface area contributed by atoms with Crippen molar-refractivity contribution in [3.8, 4) is 0 Å². The summed E-state index contributed by atoms with van der Waals surface area (Å²) in [5.74, 6) is 0.288. The van der Waals surface area contributed by atoms with Crippen molar-refractivity contribution in [2.75, 3.05) is 0 Å². The van der Waals surface area contributed by atoms with Crippen molar-refractivity contribution >= 4 is 12.7 Å². The van der Waals surface area contributed by atoms with E-state index in [1.54, 1.807) is 19.1 Å². The second-order valence-electron chi connectivity index (χ2n) is 3.23. The molecule has 0 spiro atoms. The highest BCUT2D eigenvalue weighted by Gasteiger charge is 1.96. The van der Waals surface area contributed by atoms with Crippen LogP contribution in [0.3, 0.4) is 0 Å². The van der Waals surface area contributed by atoms with E-state index in [0.717, 1.165) is 10.9 Å². The molecule has 1 nitrogen and oxygen atoms in total. The third-order valence-electron chi connectivity index (χ3n) is 1.89. The Kier molecular flexibility index (Phi) is 4.49. The molecule has 75 valence electrons. The van der Waals surface area contributed by atoms with E-state index in [0.29, 0.717) is 0 Å². The second-order valence-corrected chi connectivity index (χ2v) is 3.23. The lowest BCUT2D eigenvalue weighted by Crippen LogP contribution is -2.14. The first kappa shape index (κ1) is 11.4. The van der Waals surface area contributed by atoms with E-state index in [1.165, 1.54) is 0 Å². The summed E-state index contributed by atoms with van der Waals surface area (Å²) in [6.07, 6.45) is 5.23.